The fraction of sp³-hybridized carbons (Fsp3) is 0.304. The van der Waals surface area contributed by atoms with Gasteiger partial charge in [-0.3, -0.25) is 14.9 Å². The van der Waals surface area contributed by atoms with Crippen molar-refractivity contribution in [3.8, 4) is 11.5 Å². The summed E-state index contributed by atoms with van der Waals surface area (Å²) in [5, 5.41) is 11.0. The van der Waals surface area contributed by atoms with Crippen LogP contribution in [-0.2, 0) is 36.4 Å². The second kappa shape index (κ2) is 12.9. The molecule has 36 heavy (non-hydrogen) atoms. The van der Waals surface area contributed by atoms with Gasteiger partial charge in [-0.2, -0.15) is 13.2 Å². The molecular weight excluding hydrogens is 511 g/mol. The summed E-state index contributed by atoms with van der Waals surface area (Å²) in [6, 6.07) is 5.82. The first-order valence-electron chi connectivity index (χ1n) is 10.3. The van der Waals surface area contributed by atoms with Crippen molar-refractivity contribution in [3.63, 3.8) is 0 Å². The molecule has 0 N–H and O–H groups in total. The Kier molecular flexibility index (Phi) is 10.2. The molecule has 0 amide bonds. The van der Waals surface area contributed by atoms with E-state index in [4.69, 9.17) is 30.5 Å². The Hall–Kier alpha value is -3.64. The zero-order valence-corrected chi connectivity index (χ0v) is 19.6. The van der Waals surface area contributed by atoms with Crippen LogP contribution >= 0.6 is 11.6 Å². The number of ether oxygens (including phenoxy) is 4. The van der Waals surface area contributed by atoms with Crippen LogP contribution in [0, 0.1) is 10.1 Å². The van der Waals surface area contributed by atoms with E-state index in [0.29, 0.717) is 6.07 Å². The van der Waals surface area contributed by atoms with Crippen LogP contribution in [-0.4, -0.2) is 42.8 Å². The summed E-state index contributed by atoms with van der Waals surface area (Å²) >= 11 is 5.88. The number of nitro groups is 1. The number of alkyl halides is 3. The highest BCUT2D eigenvalue weighted by Gasteiger charge is 2.31. The summed E-state index contributed by atoms with van der Waals surface area (Å²) in [5.41, 5.74) is -1.54. The van der Waals surface area contributed by atoms with Gasteiger partial charge in [0.25, 0.3) is 5.69 Å². The topological polar surface area (TPSA) is 114 Å². The number of hydrogen-bond acceptors (Lipinski definition) is 8. The van der Waals surface area contributed by atoms with Gasteiger partial charge in [-0.25, -0.2) is 4.79 Å². The number of hydrogen-bond donors (Lipinski definition) is 0. The molecule has 13 heteroatoms. The summed E-state index contributed by atoms with van der Waals surface area (Å²) in [5.74, 6) is -1.97. The lowest BCUT2D eigenvalue weighted by Gasteiger charge is -2.14. The number of rotatable bonds is 12. The van der Waals surface area contributed by atoms with Gasteiger partial charge < -0.3 is 18.9 Å². The highest BCUT2D eigenvalue weighted by molar-refractivity contribution is 6.32. The Labute approximate surface area is 208 Å². The van der Waals surface area contributed by atoms with E-state index in [1.165, 1.54) is 19.1 Å². The van der Waals surface area contributed by atoms with Crippen molar-refractivity contribution < 1.29 is 46.6 Å². The van der Waals surface area contributed by atoms with Crippen molar-refractivity contribution in [2.24, 2.45) is 0 Å². The molecule has 2 aromatic rings. The zero-order valence-electron chi connectivity index (χ0n) is 18.9. The monoisotopic (exact) mass is 531 g/mol. The van der Waals surface area contributed by atoms with E-state index < -0.39 is 46.8 Å². The van der Waals surface area contributed by atoms with Crippen LogP contribution in [0.5, 0.6) is 11.5 Å². The number of carbonyl (C=O) groups is 2. The molecule has 0 aliphatic heterocycles. The van der Waals surface area contributed by atoms with Crippen molar-refractivity contribution >= 4 is 29.2 Å². The van der Waals surface area contributed by atoms with Crippen molar-refractivity contribution in [2.45, 2.75) is 25.6 Å². The number of benzene rings is 2. The molecule has 1 atom stereocenters. The molecule has 0 radical (unpaired) electrons. The summed E-state index contributed by atoms with van der Waals surface area (Å²) in [7, 11) is 0. The van der Waals surface area contributed by atoms with Gasteiger partial charge in [0.15, 0.2) is 6.10 Å². The molecule has 2 rings (SSSR count). The highest BCUT2D eigenvalue weighted by Crippen LogP contribution is 2.37. The zero-order chi connectivity index (χ0) is 26.9. The summed E-state index contributed by atoms with van der Waals surface area (Å²) in [4.78, 5) is 34.9. The van der Waals surface area contributed by atoms with Gasteiger partial charge in [0.05, 0.1) is 35.1 Å². The average Bonchev–Trinajstić information content (AvgIpc) is 2.79. The van der Waals surface area contributed by atoms with Gasteiger partial charge in [-0.1, -0.05) is 17.7 Å². The number of esters is 2. The average molecular weight is 532 g/mol. The van der Waals surface area contributed by atoms with E-state index in [1.807, 2.05) is 0 Å². The lowest BCUT2D eigenvalue weighted by atomic mass is 10.1. The first-order valence-corrected chi connectivity index (χ1v) is 10.7. The Morgan fingerprint density at radius 1 is 1.19 bits per heavy atom. The van der Waals surface area contributed by atoms with Gasteiger partial charge in [-0.05, 0) is 37.3 Å². The minimum atomic E-state index is -4.61. The van der Waals surface area contributed by atoms with Gasteiger partial charge in [0, 0.05) is 11.6 Å². The van der Waals surface area contributed by atoms with Crippen LogP contribution in [0.2, 0.25) is 5.02 Å². The third-order valence-electron chi connectivity index (χ3n) is 4.42. The predicted octanol–water partition coefficient (Wildman–Crippen LogP) is 5.28. The lowest BCUT2D eigenvalue weighted by molar-refractivity contribution is -0.385. The summed E-state index contributed by atoms with van der Waals surface area (Å²) in [6.07, 6.45) is -4.98. The van der Waals surface area contributed by atoms with E-state index in [0.717, 1.165) is 24.3 Å². The Bertz CT molecular complexity index is 1120. The van der Waals surface area contributed by atoms with Gasteiger partial charge in [-0.15, -0.1) is 6.58 Å². The first-order chi connectivity index (χ1) is 16.9. The van der Waals surface area contributed by atoms with Crippen molar-refractivity contribution in [1.82, 2.24) is 0 Å². The molecule has 0 heterocycles. The first kappa shape index (κ1) is 28.6. The minimum absolute atomic E-state index is 0.0305. The Balaban J connectivity index is 2.09. The smallest absolute Gasteiger partial charge is 0.416 e. The fourth-order valence-corrected chi connectivity index (χ4v) is 2.98. The molecule has 0 aliphatic carbocycles. The maximum Gasteiger partial charge on any atom is 0.416 e. The second-order valence-corrected chi connectivity index (χ2v) is 7.54. The van der Waals surface area contributed by atoms with E-state index in [1.54, 1.807) is 0 Å². The maximum absolute atomic E-state index is 12.8. The SMILES string of the molecule is C=CCOCCOC(=O)C(C)OC(=O)Cc1cc(Oc2ccc(C(F)(F)F)cc2Cl)ccc1[N+](=O)[O-]. The van der Waals surface area contributed by atoms with Crippen LogP contribution in [0.4, 0.5) is 18.9 Å². The van der Waals surface area contributed by atoms with Gasteiger partial charge in [0.2, 0.25) is 0 Å². The van der Waals surface area contributed by atoms with Crippen LogP contribution in [0.15, 0.2) is 49.1 Å². The molecule has 0 saturated carbocycles. The normalized spacial score (nSPS) is 11.9. The third kappa shape index (κ3) is 8.54. The molecule has 0 aromatic heterocycles. The molecule has 2 aromatic carbocycles. The second-order valence-electron chi connectivity index (χ2n) is 7.13. The molecule has 0 fully saturated rings. The molecule has 194 valence electrons. The Morgan fingerprint density at radius 3 is 2.53 bits per heavy atom. The maximum atomic E-state index is 12.8. The number of carbonyl (C=O) groups excluding carboxylic acids is 2. The number of halogens is 4. The summed E-state index contributed by atoms with van der Waals surface area (Å²) < 4.78 is 58.9. The van der Waals surface area contributed by atoms with Crippen LogP contribution < -0.4 is 4.74 Å². The minimum Gasteiger partial charge on any atom is -0.461 e. The molecule has 0 bridgehead atoms. The van der Waals surface area contributed by atoms with Gasteiger partial charge in [0.1, 0.15) is 18.1 Å². The van der Waals surface area contributed by atoms with E-state index in [-0.39, 0.29) is 41.9 Å². The summed E-state index contributed by atoms with van der Waals surface area (Å²) in [6.45, 7) is 5.04. The largest absolute Gasteiger partial charge is 0.461 e. The molecule has 0 aliphatic rings. The quantitative estimate of drug-likeness (QED) is 0.119. The highest BCUT2D eigenvalue weighted by atomic mass is 35.5. The van der Waals surface area contributed by atoms with Crippen LogP contribution in [0.1, 0.15) is 18.1 Å². The van der Waals surface area contributed by atoms with Crippen molar-refractivity contribution in [1.29, 1.82) is 0 Å². The molecular formula is C23H21ClF3NO8. The van der Waals surface area contributed by atoms with Gasteiger partial charge >= 0.3 is 18.1 Å². The number of nitrogens with zero attached hydrogens (tertiary/aromatic N) is 1. The molecule has 0 saturated heterocycles. The predicted molar refractivity (Wildman–Crippen MR) is 121 cm³/mol. The third-order valence-corrected chi connectivity index (χ3v) is 4.71. The van der Waals surface area contributed by atoms with E-state index >= 15 is 0 Å². The van der Waals surface area contributed by atoms with E-state index in [2.05, 4.69) is 6.58 Å². The molecule has 9 nitrogen and oxygen atoms in total. The standard InChI is InChI=1S/C23H21ClF3NO8/c1-3-8-33-9-10-34-22(30)14(2)35-21(29)12-15-11-17(5-6-19(15)28(31)32)36-20-7-4-16(13-18(20)24)23(25,26)27/h3-7,11,13-14H,1,8-10,12H2,2H3. The fourth-order valence-electron chi connectivity index (χ4n) is 2.76. The van der Waals surface area contributed by atoms with Crippen molar-refractivity contribution in [2.75, 3.05) is 19.8 Å². The Morgan fingerprint density at radius 2 is 1.92 bits per heavy atom. The molecule has 0 spiro atoms. The molecule has 1 unspecified atom stereocenters. The van der Waals surface area contributed by atoms with Crippen LogP contribution in [0.3, 0.4) is 0 Å². The van der Waals surface area contributed by atoms with Crippen molar-refractivity contribution in [3.05, 3.63) is 75.3 Å². The lowest BCUT2D eigenvalue weighted by Crippen LogP contribution is -2.28. The van der Waals surface area contributed by atoms with E-state index in [9.17, 15) is 32.9 Å². The van der Waals surface area contributed by atoms with Crippen LogP contribution in [0.25, 0.3) is 0 Å². The number of nitro benzene ring substituents is 1.